The van der Waals surface area contributed by atoms with E-state index in [9.17, 15) is 9.90 Å². The van der Waals surface area contributed by atoms with Crippen LogP contribution < -0.4 is 0 Å². The zero-order valence-electron chi connectivity index (χ0n) is 7.48. The predicted molar refractivity (Wildman–Crippen MR) is 49.2 cm³/mol. The summed E-state index contributed by atoms with van der Waals surface area (Å²) in [6.07, 6.45) is 0. The molecule has 2 aromatic rings. The summed E-state index contributed by atoms with van der Waals surface area (Å²) in [6.45, 7) is 0. The standard InChI is InChI=1S/C10H8O4/c1-13-10(12)9-8(11)6-4-2-3-5-7(6)14-9/h2-5,11H,1H3. The van der Waals surface area contributed by atoms with Crippen LogP contribution in [0.1, 0.15) is 10.6 Å². The molecule has 0 aliphatic heterocycles. The smallest absolute Gasteiger partial charge is 0.377 e. The highest BCUT2D eigenvalue weighted by molar-refractivity contribution is 5.98. The lowest BCUT2D eigenvalue weighted by molar-refractivity contribution is 0.0563. The number of carbonyl (C=O) groups is 1. The predicted octanol–water partition coefficient (Wildman–Crippen LogP) is 1.93. The number of rotatable bonds is 1. The van der Waals surface area contributed by atoms with Crippen molar-refractivity contribution in [3.63, 3.8) is 0 Å². The fourth-order valence-electron chi connectivity index (χ4n) is 1.26. The molecule has 0 saturated heterocycles. The first kappa shape index (κ1) is 8.62. The topological polar surface area (TPSA) is 59.7 Å². The number of carbonyl (C=O) groups excluding carboxylic acids is 1. The molecule has 1 aromatic carbocycles. The third-order valence-corrected chi connectivity index (χ3v) is 1.94. The maximum Gasteiger partial charge on any atom is 0.377 e. The molecule has 1 heterocycles. The molecule has 0 atom stereocenters. The van der Waals surface area contributed by atoms with E-state index in [1.54, 1.807) is 24.3 Å². The quantitative estimate of drug-likeness (QED) is 0.701. The number of para-hydroxylation sites is 1. The number of aromatic hydroxyl groups is 1. The summed E-state index contributed by atoms with van der Waals surface area (Å²) >= 11 is 0. The molecule has 0 spiro atoms. The zero-order valence-corrected chi connectivity index (χ0v) is 7.48. The fraction of sp³-hybridized carbons (Fsp3) is 0.100. The van der Waals surface area contributed by atoms with Crippen LogP contribution in [0.2, 0.25) is 0 Å². The summed E-state index contributed by atoms with van der Waals surface area (Å²) in [5, 5.41) is 10.1. The van der Waals surface area contributed by atoms with Crippen LogP contribution in [0.25, 0.3) is 11.0 Å². The summed E-state index contributed by atoms with van der Waals surface area (Å²) in [4.78, 5) is 11.1. The Labute approximate surface area is 79.7 Å². The Hall–Kier alpha value is -1.97. The van der Waals surface area contributed by atoms with Crippen LogP contribution in [0.4, 0.5) is 0 Å². The van der Waals surface area contributed by atoms with Gasteiger partial charge < -0.3 is 14.3 Å². The molecule has 2 rings (SSSR count). The van der Waals surface area contributed by atoms with E-state index in [-0.39, 0.29) is 11.5 Å². The molecular weight excluding hydrogens is 184 g/mol. The van der Waals surface area contributed by atoms with Crippen molar-refractivity contribution < 1.29 is 19.1 Å². The molecule has 72 valence electrons. The molecule has 0 unspecified atom stereocenters. The van der Waals surface area contributed by atoms with Crippen molar-refractivity contribution in [3.8, 4) is 5.75 Å². The molecule has 0 radical (unpaired) electrons. The van der Waals surface area contributed by atoms with Gasteiger partial charge in [0.05, 0.1) is 12.5 Å². The molecule has 1 N–H and O–H groups in total. The van der Waals surface area contributed by atoms with Crippen LogP contribution in [0, 0.1) is 0 Å². The maximum absolute atomic E-state index is 11.1. The Balaban J connectivity index is 2.68. The lowest BCUT2D eigenvalue weighted by atomic mass is 10.2. The van der Waals surface area contributed by atoms with Gasteiger partial charge in [-0.2, -0.15) is 0 Å². The molecule has 0 fully saturated rings. The number of methoxy groups -OCH3 is 1. The van der Waals surface area contributed by atoms with E-state index < -0.39 is 5.97 Å². The second-order valence-corrected chi connectivity index (χ2v) is 2.77. The van der Waals surface area contributed by atoms with E-state index in [2.05, 4.69) is 4.74 Å². The minimum atomic E-state index is -0.682. The van der Waals surface area contributed by atoms with Gasteiger partial charge in [-0.05, 0) is 12.1 Å². The number of hydrogen-bond acceptors (Lipinski definition) is 4. The Morgan fingerprint density at radius 2 is 2.14 bits per heavy atom. The zero-order chi connectivity index (χ0) is 10.1. The van der Waals surface area contributed by atoms with E-state index in [0.717, 1.165) is 0 Å². The third-order valence-electron chi connectivity index (χ3n) is 1.94. The summed E-state index contributed by atoms with van der Waals surface area (Å²) in [5.41, 5.74) is 0.463. The van der Waals surface area contributed by atoms with Gasteiger partial charge in [0.1, 0.15) is 5.58 Å². The van der Waals surface area contributed by atoms with Crippen molar-refractivity contribution in [2.75, 3.05) is 7.11 Å². The maximum atomic E-state index is 11.1. The highest BCUT2D eigenvalue weighted by Crippen LogP contribution is 2.31. The minimum absolute atomic E-state index is 0.159. The van der Waals surface area contributed by atoms with Crippen molar-refractivity contribution in [2.24, 2.45) is 0 Å². The second kappa shape index (κ2) is 3.06. The molecule has 0 saturated carbocycles. The van der Waals surface area contributed by atoms with E-state index in [4.69, 9.17) is 4.42 Å². The number of furan rings is 1. The van der Waals surface area contributed by atoms with Crippen LogP contribution in [-0.2, 0) is 4.74 Å². The number of ether oxygens (including phenoxy) is 1. The molecule has 4 heteroatoms. The molecule has 0 aliphatic rings. The van der Waals surface area contributed by atoms with E-state index in [1.807, 2.05) is 0 Å². The first-order valence-electron chi connectivity index (χ1n) is 4.03. The van der Waals surface area contributed by atoms with Crippen molar-refractivity contribution in [3.05, 3.63) is 30.0 Å². The molecule has 0 bridgehead atoms. The van der Waals surface area contributed by atoms with Gasteiger partial charge in [-0.25, -0.2) is 4.79 Å². The highest BCUT2D eigenvalue weighted by Gasteiger charge is 2.19. The van der Waals surface area contributed by atoms with E-state index in [1.165, 1.54) is 7.11 Å². The van der Waals surface area contributed by atoms with Gasteiger partial charge in [-0.3, -0.25) is 0 Å². The summed E-state index contributed by atoms with van der Waals surface area (Å²) in [6, 6.07) is 6.84. The molecule has 4 nitrogen and oxygen atoms in total. The number of benzene rings is 1. The largest absolute Gasteiger partial charge is 0.504 e. The fourth-order valence-corrected chi connectivity index (χ4v) is 1.26. The lowest BCUT2D eigenvalue weighted by Gasteiger charge is -1.93. The number of esters is 1. The monoisotopic (exact) mass is 192 g/mol. The Bertz CT molecular complexity index is 484. The van der Waals surface area contributed by atoms with Crippen LogP contribution >= 0.6 is 0 Å². The minimum Gasteiger partial charge on any atom is -0.504 e. The van der Waals surface area contributed by atoms with Gasteiger partial charge in [0, 0.05) is 0 Å². The normalized spacial score (nSPS) is 10.4. The average molecular weight is 192 g/mol. The average Bonchev–Trinajstić information content (AvgIpc) is 2.56. The van der Waals surface area contributed by atoms with Crippen molar-refractivity contribution >= 4 is 16.9 Å². The molecular formula is C10H8O4. The SMILES string of the molecule is COC(=O)c1oc2ccccc2c1O. The van der Waals surface area contributed by atoms with E-state index >= 15 is 0 Å². The van der Waals surface area contributed by atoms with Gasteiger partial charge in [-0.15, -0.1) is 0 Å². The van der Waals surface area contributed by atoms with Crippen molar-refractivity contribution in [1.82, 2.24) is 0 Å². The first-order chi connectivity index (χ1) is 6.74. The van der Waals surface area contributed by atoms with Gasteiger partial charge in [0.25, 0.3) is 5.76 Å². The highest BCUT2D eigenvalue weighted by atomic mass is 16.5. The third kappa shape index (κ3) is 1.12. The van der Waals surface area contributed by atoms with Gasteiger partial charge in [0.2, 0.25) is 0 Å². The molecule has 0 amide bonds. The van der Waals surface area contributed by atoms with Crippen LogP contribution in [0.5, 0.6) is 5.75 Å². The number of fused-ring (bicyclic) bond motifs is 1. The van der Waals surface area contributed by atoms with E-state index in [0.29, 0.717) is 11.0 Å². The summed E-state index contributed by atoms with van der Waals surface area (Å²) < 4.78 is 9.58. The summed E-state index contributed by atoms with van der Waals surface area (Å²) in [7, 11) is 1.23. The Kier molecular flexibility index (Phi) is 1.89. The van der Waals surface area contributed by atoms with Gasteiger partial charge in [-0.1, -0.05) is 12.1 Å². The van der Waals surface area contributed by atoms with Crippen LogP contribution in [0.15, 0.2) is 28.7 Å². The Morgan fingerprint density at radius 3 is 2.79 bits per heavy atom. The Morgan fingerprint density at radius 1 is 1.43 bits per heavy atom. The van der Waals surface area contributed by atoms with Crippen LogP contribution in [-0.4, -0.2) is 18.2 Å². The van der Waals surface area contributed by atoms with Crippen molar-refractivity contribution in [1.29, 1.82) is 0 Å². The van der Waals surface area contributed by atoms with Gasteiger partial charge >= 0.3 is 5.97 Å². The number of hydrogen-bond donors (Lipinski definition) is 1. The van der Waals surface area contributed by atoms with Crippen LogP contribution in [0.3, 0.4) is 0 Å². The first-order valence-corrected chi connectivity index (χ1v) is 4.03. The lowest BCUT2D eigenvalue weighted by Crippen LogP contribution is -1.98. The van der Waals surface area contributed by atoms with Crippen molar-refractivity contribution in [2.45, 2.75) is 0 Å². The second-order valence-electron chi connectivity index (χ2n) is 2.77. The van der Waals surface area contributed by atoms with Gasteiger partial charge in [0.15, 0.2) is 5.75 Å². The summed E-state index contributed by atoms with van der Waals surface area (Å²) in [5.74, 6) is -1.01. The molecule has 14 heavy (non-hydrogen) atoms. The molecule has 0 aliphatic carbocycles. The molecule has 1 aromatic heterocycles.